The first-order valence-corrected chi connectivity index (χ1v) is 16.3. The average molecular weight is 634 g/mol. The lowest BCUT2D eigenvalue weighted by molar-refractivity contribution is -0.137. The molecule has 1 aliphatic carbocycles. The third-order valence-corrected chi connectivity index (χ3v) is 11.2. The van der Waals surface area contributed by atoms with Gasteiger partial charge in [-0.2, -0.15) is 0 Å². The van der Waals surface area contributed by atoms with Crippen molar-refractivity contribution in [2.24, 2.45) is 5.92 Å². The minimum atomic E-state index is -2.95. The summed E-state index contributed by atoms with van der Waals surface area (Å²) in [7, 11) is 0. The van der Waals surface area contributed by atoms with Crippen LogP contribution in [0.1, 0.15) is 69.4 Å². The number of carbonyl (C=O) groups is 2. The van der Waals surface area contributed by atoms with E-state index in [0.717, 1.165) is 77.2 Å². The molecule has 0 bridgehead atoms. The van der Waals surface area contributed by atoms with Gasteiger partial charge in [-0.3, -0.25) is 9.59 Å². The monoisotopic (exact) mass is 632 g/mol. The second kappa shape index (κ2) is 11.8. The molecular formula is C33H40Cl2F2N4O2. The normalized spacial score (nSPS) is 24.4. The fourth-order valence-electron chi connectivity index (χ4n) is 7.54. The number of rotatable bonds is 8. The Morgan fingerprint density at radius 1 is 1.05 bits per heavy atom. The van der Waals surface area contributed by atoms with Gasteiger partial charge in [0.2, 0.25) is 11.8 Å². The number of benzene rings is 2. The summed E-state index contributed by atoms with van der Waals surface area (Å²) in [4.78, 5) is 32.7. The lowest BCUT2D eigenvalue weighted by Crippen LogP contribution is -2.56. The Morgan fingerprint density at radius 2 is 1.81 bits per heavy atom. The number of hydrogen-bond donors (Lipinski definition) is 1. The summed E-state index contributed by atoms with van der Waals surface area (Å²) in [6.45, 7) is 5.06. The van der Waals surface area contributed by atoms with Crippen LogP contribution in [0.25, 0.3) is 0 Å². The maximum absolute atomic E-state index is 14.1. The minimum Gasteiger partial charge on any atom is -0.342 e. The number of piperidine rings is 1. The summed E-state index contributed by atoms with van der Waals surface area (Å²) in [5.41, 5.74) is 0.845. The summed E-state index contributed by atoms with van der Waals surface area (Å²) >= 11 is 12.7. The Balaban J connectivity index is 1.11. The molecule has 0 aromatic heterocycles. The Bertz CT molecular complexity index is 1370. The highest BCUT2D eigenvalue weighted by Gasteiger charge is 2.50. The maximum atomic E-state index is 14.1. The van der Waals surface area contributed by atoms with Crippen molar-refractivity contribution in [2.45, 2.75) is 75.2 Å². The van der Waals surface area contributed by atoms with Crippen LogP contribution in [0.5, 0.6) is 0 Å². The SMILES string of the molecule is CC(F)(F)c1cccc(N2CNC(=O)C23CCN(CCCC2(c4ccc(Cl)c(Cl)c4)CCN(C(=O)C4CCC4)C2)CC3)c1. The van der Waals surface area contributed by atoms with Crippen LogP contribution in [-0.4, -0.2) is 66.5 Å². The van der Waals surface area contributed by atoms with Gasteiger partial charge in [-0.05, 0) is 81.3 Å². The van der Waals surface area contributed by atoms with Crippen molar-refractivity contribution in [3.05, 3.63) is 63.6 Å². The highest BCUT2D eigenvalue weighted by molar-refractivity contribution is 6.42. The van der Waals surface area contributed by atoms with Gasteiger partial charge in [0.1, 0.15) is 5.54 Å². The zero-order valence-electron chi connectivity index (χ0n) is 24.7. The summed E-state index contributed by atoms with van der Waals surface area (Å²) in [5, 5.41) is 4.04. The van der Waals surface area contributed by atoms with Crippen molar-refractivity contribution in [3.63, 3.8) is 0 Å². The van der Waals surface area contributed by atoms with Crippen molar-refractivity contribution in [3.8, 4) is 0 Å². The number of alkyl halides is 2. The average Bonchev–Trinajstić information content (AvgIpc) is 3.52. The van der Waals surface area contributed by atoms with Crippen molar-refractivity contribution < 1.29 is 18.4 Å². The van der Waals surface area contributed by atoms with E-state index in [1.165, 1.54) is 12.1 Å². The van der Waals surface area contributed by atoms with Crippen LogP contribution < -0.4 is 10.2 Å². The van der Waals surface area contributed by atoms with Gasteiger partial charge in [-0.15, -0.1) is 0 Å². The zero-order valence-corrected chi connectivity index (χ0v) is 26.2. The van der Waals surface area contributed by atoms with Gasteiger partial charge in [0.25, 0.3) is 5.92 Å². The number of amides is 2. The molecule has 1 saturated carbocycles. The molecule has 1 atom stereocenters. The summed E-state index contributed by atoms with van der Waals surface area (Å²) in [6, 6.07) is 12.3. The number of anilines is 1. The molecule has 4 fully saturated rings. The Labute approximate surface area is 262 Å². The number of hydrogen-bond acceptors (Lipinski definition) is 4. The van der Waals surface area contributed by atoms with E-state index in [0.29, 0.717) is 47.7 Å². The first kappa shape index (κ1) is 30.6. The molecule has 0 radical (unpaired) electrons. The standard InChI is InChI=1S/C33H40Cl2F2N4O2/c1-31(36,37)24-7-3-8-26(19-24)41-22-38-30(43)33(41)13-16-39(17-14-33)15-4-11-32(25-9-10-27(34)28(35)20-25)12-18-40(21-32)29(42)23-5-2-6-23/h3,7-10,19-20,23H,2,4-6,11-18,21-22H2,1H3,(H,38,43). The van der Waals surface area contributed by atoms with E-state index in [2.05, 4.69) is 21.2 Å². The molecule has 4 aliphatic rings. The van der Waals surface area contributed by atoms with Crippen LogP contribution in [0.3, 0.4) is 0 Å². The second-order valence-electron chi connectivity index (χ2n) is 13.1. The minimum absolute atomic E-state index is 0.0263. The molecule has 6 nitrogen and oxygen atoms in total. The Morgan fingerprint density at radius 3 is 2.49 bits per heavy atom. The lowest BCUT2D eigenvalue weighted by Gasteiger charge is -2.43. The van der Waals surface area contributed by atoms with E-state index >= 15 is 0 Å². The third kappa shape index (κ3) is 5.87. The van der Waals surface area contributed by atoms with E-state index in [-0.39, 0.29) is 22.8 Å². The molecule has 1 unspecified atom stereocenters. The molecule has 6 rings (SSSR count). The number of nitrogens with one attached hydrogen (secondary N) is 1. The molecule has 43 heavy (non-hydrogen) atoms. The van der Waals surface area contributed by atoms with Gasteiger partial charge in [0.05, 0.1) is 16.7 Å². The third-order valence-electron chi connectivity index (χ3n) is 10.5. The number of halogens is 4. The molecule has 10 heteroatoms. The predicted octanol–water partition coefficient (Wildman–Crippen LogP) is 6.58. The van der Waals surface area contributed by atoms with E-state index in [1.54, 1.807) is 6.07 Å². The van der Waals surface area contributed by atoms with Gasteiger partial charge in [0.15, 0.2) is 0 Å². The summed E-state index contributed by atoms with van der Waals surface area (Å²) < 4.78 is 28.1. The Hall–Kier alpha value is -2.42. The zero-order chi connectivity index (χ0) is 30.4. The number of likely N-dealkylation sites (tertiary alicyclic amines) is 2. The van der Waals surface area contributed by atoms with E-state index in [9.17, 15) is 18.4 Å². The van der Waals surface area contributed by atoms with Crippen molar-refractivity contribution in [2.75, 3.05) is 44.3 Å². The van der Waals surface area contributed by atoms with Crippen LogP contribution in [0.4, 0.5) is 14.5 Å². The Kier molecular flexibility index (Phi) is 8.42. The quantitative estimate of drug-likeness (QED) is 0.357. The molecule has 2 amide bonds. The first-order chi connectivity index (χ1) is 20.5. The van der Waals surface area contributed by atoms with Crippen LogP contribution in [-0.2, 0) is 20.9 Å². The fourth-order valence-corrected chi connectivity index (χ4v) is 7.84. The van der Waals surface area contributed by atoms with Crippen LogP contribution >= 0.6 is 23.2 Å². The van der Waals surface area contributed by atoms with E-state index in [4.69, 9.17) is 23.2 Å². The molecule has 232 valence electrons. The maximum Gasteiger partial charge on any atom is 0.270 e. The molecule has 2 aromatic rings. The molecule has 1 N–H and O–H groups in total. The van der Waals surface area contributed by atoms with Crippen molar-refractivity contribution >= 4 is 40.7 Å². The van der Waals surface area contributed by atoms with Gasteiger partial charge in [-0.1, -0.05) is 47.8 Å². The summed E-state index contributed by atoms with van der Waals surface area (Å²) in [5.74, 6) is -2.50. The van der Waals surface area contributed by atoms with Crippen LogP contribution in [0.2, 0.25) is 10.0 Å². The second-order valence-corrected chi connectivity index (χ2v) is 13.9. The van der Waals surface area contributed by atoms with Gasteiger partial charge in [0, 0.05) is 55.7 Å². The molecule has 3 heterocycles. The molecule has 3 aliphatic heterocycles. The summed E-state index contributed by atoms with van der Waals surface area (Å²) in [6.07, 6.45) is 7.17. The predicted molar refractivity (Wildman–Crippen MR) is 166 cm³/mol. The van der Waals surface area contributed by atoms with Crippen LogP contribution in [0.15, 0.2) is 42.5 Å². The van der Waals surface area contributed by atoms with Gasteiger partial charge < -0.3 is 20.0 Å². The van der Waals surface area contributed by atoms with Crippen LogP contribution in [0, 0.1) is 5.92 Å². The first-order valence-electron chi connectivity index (χ1n) is 15.5. The largest absolute Gasteiger partial charge is 0.342 e. The van der Waals surface area contributed by atoms with Crippen molar-refractivity contribution in [1.82, 2.24) is 15.1 Å². The smallest absolute Gasteiger partial charge is 0.270 e. The fraction of sp³-hybridized carbons (Fsp3) is 0.576. The van der Waals surface area contributed by atoms with Crippen molar-refractivity contribution in [1.29, 1.82) is 0 Å². The highest BCUT2D eigenvalue weighted by Crippen LogP contribution is 2.43. The topological polar surface area (TPSA) is 55.9 Å². The molecular weight excluding hydrogens is 593 g/mol. The van der Waals surface area contributed by atoms with E-state index < -0.39 is 11.5 Å². The van der Waals surface area contributed by atoms with Gasteiger partial charge in [-0.25, -0.2) is 8.78 Å². The molecule has 1 spiro atoms. The van der Waals surface area contributed by atoms with E-state index in [1.807, 2.05) is 23.1 Å². The number of nitrogens with zero attached hydrogens (tertiary/aromatic N) is 3. The molecule has 3 saturated heterocycles. The molecule has 2 aromatic carbocycles. The van der Waals surface area contributed by atoms with Gasteiger partial charge >= 0.3 is 0 Å². The number of carbonyl (C=O) groups excluding carboxylic acids is 2. The lowest BCUT2D eigenvalue weighted by atomic mass is 9.75. The highest BCUT2D eigenvalue weighted by atomic mass is 35.5.